The Hall–Kier alpha value is -1.42. The van der Waals surface area contributed by atoms with Gasteiger partial charge < -0.3 is 11.1 Å². The van der Waals surface area contributed by atoms with Crippen molar-refractivity contribution in [1.82, 2.24) is 10.3 Å². The fourth-order valence-electron chi connectivity index (χ4n) is 1.06. The van der Waals surface area contributed by atoms with Crippen LogP contribution >= 0.6 is 0 Å². The van der Waals surface area contributed by atoms with E-state index < -0.39 is 0 Å². The summed E-state index contributed by atoms with van der Waals surface area (Å²) >= 11 is 0. The number of nitrogens with one attached hydrogen (secondary N) is 1. The first-order valence-electron chi connectivity index (χ1n) is 4.56. The minimum Gasteiger partial charge on any atom is -0.349 e. The molecule has 0 radical (unpaired) electrons. The topological polar surface area (TPSA) is 68.0 Å². The van der Waals surface area contributed by atoms with Crippen LogP contribution in [0, 0.1) is 6.92 Å². The predicted molar refractivity (Wildman–Crippen MR) is 55.0 cm³/mol. The largest absolute Gasteiger partial charge is 0.349 e. The monoisotopic (exact) mass is 193 g/mol. The van der Waals surface area contributed by atoms with Crippen LogP contribution in [-0.4, -0.2) is 23.5 Å². The maximum absolute atomic E-state index is 11.5. The third-order valence-electron chi connectivity index (χ3n) is 1.81. The van der Waals surface area contributed by atoms with E-state index in [1.54, 1.807) is 12.3 Å². The van der Waals surface area contributed by atoms with Crippen molar-refractivity contribution < 1.29 is 4.79 Å². The van der Waals surface area contributed by atoms with Gasteiger partial charge in [0.25, 0.3) is 5.91 Å². The molecule has 14 heavy (non-hydrogen) atoms. The second kappa shape index (κ2) is 4.72. The Morgan fingerprint density at radius 1 is 1.71 bits per heavy atom. The number of hydrogen-bond donors (Lipinski definition) is 2. The molecule has 0 bridgehead atoms. The van der Waals surface area contributed by atoms with Gasteiger partial charge in [-0.05, 0) is 25.5 Å². The van der Waals surface area contributed by atoms with E-state index in [9.17, 15) is 4.79 Å². The van der Waals surface area contributed by atoms with E-state index in [1.165, 1.54) is 0 Å². The van der Waals surface area contributed by atoms with Gasteiger partial charge in [-0.2, -0.15) is 0 Å². The van der Waals surface area contributed by atoms with Gasteiger partial charge in [-0.1, -0.05) is 6.07 Å². The summed E-state index contributed by atoms with van der Waals surface area (Å²) < 4.78 is 0. The molecule has 1 atom stereocenters. The summed E-state index contributed by atoms with van der Waals surface area (Å²) in [5, 5.41) is 2.71. The highest BCUT2D eigenvalue weighted by molar-refractivity contribution is 5.93. The zero-order chi connectivity index (χ0) is 10.6. The number of rotatable bonds is 3. The fraction of sp³-hybridized carbons (Fsp3) is 0.400. The molecule has 0 saturated heterocycles. The SMILES string of the molecule is Cc1cccnc1C(=O)NCC(C)N. The second-order valence-electron chi connectivity index (χ2n) is 3.36. The molecule has 76 valence electrons. The maximum atomic E-state index is 11.5. The zero-order valence-electron chi connectivity index (χ0n) is 8.45. The van der Waals surface area contributed by atoms with Gasteiger partial charge in [-0.25, -0.2) is 0 Å². The number of carbonyl (C=O) groups excluding carboxylic acids is 1. The minimum absolute atomic E-state index is 0.0389. The van der Waals surface area contributed by atoms with Crippen LogP contribution in [0.5, 0.6) is 0 Å². The summed E-state index contributed by atoms with van der Waals surface area (Å²) in [6, 6.07) is 3.62. The van der Waals surface area contributed by atoms with Gasteiger partial charge in [0.1, 0.15) is 5.69 Å². The van der Waals surface area contributed by atoms with Crippen LogP contribution in [0.3, 0.4) is 0 Å². The van der Waals surface area contributed by atoms with Gasteiger partial charge in [0, 0.05) is 18.8 Å². The highest BCUT2D eigenvalue weighted by atomic mass is 16.1. The van der Waals surface area contributed by atoms with Crippen molar-refractivity contribution in [3.8, 4) is 0 Å². The first kappa shape index (κ1) is 10.7. The van der Waals surface area contributed by atoms with E-state index in [2.05, 4.69) is 10.3 Å². The number of aryl methyl sites for hydroxylation is 1. The summed E-state index contributed by atoms with van der Waals surface area (Å²) in [5.41, 5.74) is 6.86. The predicted octanol–water partition coefficient (Wildman–Crippen LogP) is 0.467. The van der Waals surface area contributed by atoms with Gasteiger partial charge in [0.05, 0.1) is 0 Å². The summed E-state index contributed by atoms with van der Waals surface area (Å²) in [6.45, 7) is 4.16. The number of nitrogens with two attached hydrogens (primary N) is 1. The van der Waals surface area contributed by atoms with Crippen LogP contribution in [0.25, 0.3) is 0 Å². The van der Waals surface area contributed by atoms with Crippen LogP contribution in [0.15, 0.2) is 18.3 Å². The number of aromatic nitrogens is 1. The van der Waals surface area contributed by atoms with E-state index in [0.717, 1.165) is 5.56 Å². The van der Waals surface area contributed by atoms with Gasteiger partial charge >= 0.3 is 0 Å². The molecule has 0 aliphatic heterocycles. The Morgan fingerprint density at radius 3 is 3.00 bits per heavy atom. The molecule has 1 rings (SSSR count). The maximum Gasteiger partial charge on any atom is 0.270 e. The van der Waals surface area contributed by atoms with Crippen molar-refractivity contribution >= 4 is 5.91 Å². The highest BCUT2D eigenvalue weighted by Gasteiger charge is 2.09. The smallest absolute Gasteiger partial charge is 0.270 e. The molecule has 0 spiro atoms. The molecule has 0 aliphatic carbocycles. The molecule has 1 unspecified atom stereocenters. The number of amides is 1. The Kier molecular flexibility index (Phi) is 3.59. The Balaban J connectivity index is 2.65. The Bertz CT molecular complexity index is 323. The molecule has 0 saturated carbocycles. The lowest BCUT2D eigenvalue weighted by Gasteiger charge is -2.08. The molecule has 1 aromatic rings. The normalized spacial score (nSPS) is 12.2. The molecule has 1 amide bonds. The molecular weight excluding hydrogens is 178 g/mol. The lowest BCUT2D eigenvalue weighted by Crippen LogP contribution is -2.35. The molecule has 4 nitrogen and oxygen atoms in total. The molecule has 1 heterocycles. The van der Waals surface area contributed by atoms with Crippen molar-refractivity contribution in [2.45, 2.75) is 19.9 Å². The van der Waals surface area contributed by atoms with Crippen LogP contribution in [0.1, 0.15) is 23.0 Å². The van der Waals surface area contributed by atoms with E-state index in [-0.39, 0.29) is 11.9 Å². The number of carbonyl (C=O) groups is 1. The summed E-state index contributed by atoms with van der Waals surface area (Å²) in [7, 11) is 0. The standard InChI is InChI=1S/C10H15N3O/c1-7-4-3-5-12-9(7)10(14)13-6-8(2)11/h3-5,8H,6,11H2,1-2H3,(H,13,14). The van der Waals surface area contributed by atoms with Gasteiger partial charge in [-0.15, -0.1) is 0 Å². The molecule has 1 aromatic heterocycles. The molecular formula is C10H15N3O. The third kappa shape index (κ3) is 2.81. The number of hydrogen-bond acceptors (Lipinski definition) is 3. The first-order valence-corrected chi connectivity index (χ1v) is 4.56. The summed E-state index contributed by atoms with van der Waals surface area (Å²) in [6.07, 6.45) is 1.60. The molecule has 3 N–H and O–H groups in total. The summed E-state index contributed by atoms with van der Waals surface area (Å²) in [4.78, 5) is 15.5. The average Bonchev–Trinajstić information content (AvgIpc) is 2.15. The van der Waals surface area contributed by atoms with Crippen molar-refractivity contribution in [3.63, 3.8) is 0 Å². The van der Waals surface area contributed by atoms with Gasteiger partial charge in [0.2, 0.25) is 0 Å². The van der Waals surface area contributed by atoms with Crippen molar-refractivity contribution in [2.24, 2.45) is 5.73 Å². The molecule has 0 aromatic carbocycles. The van der Waals surface area contributed by atoms with E-state index >= 15 is 0 Å². The Labute approximate surface area is 83.5 Å². The average molecular weight is 193 g/mol. The van der Waals surface area contributed by atoms with E-state index in [1.807, 2.05) is 19.9 Å². The number of pyridine rings is 1. The van der Waals surface area contributed by atoms with Crippen molar-refractivity contribution in [3.05, 3.63) is 29.6 Å². The minimum atomic E-state index is -0.166. The lowest BCUT2D eigenvalue weighted by molar-refractivity contribution is 0.0946. The van der Waals surface area contributed by atoms with Crippen LogP contribution < -0.4 is 11.1 Å². The fourth-order valence-corrected chi connectivity index (χ4v) is 1.06. The van der Waals surface area contributed by atoms with Gasteiger partial charge in [0.15, 0.2) is 0 Å². The first-order chi connectivity index (χ1) is 6.61. The van der Waals surface area contributed by atoms with E-state index in [4.69, 9.17) is 5.73 Å². The second-order valence-corrected chi connectivity index (χ2v) is 3.36. The van der Waals surface area contributed by atoms with Crippen LogP contribution in [0.4, 0.5) is 0 Å². The van der Waals surface area contributed by atoms with Crippen LogP contribution in [-0.2, 0) is 0 Å². The van der Waals surface area contributed by atoms with E-state index in [0.29, 0.717) is 12.2 Å². The molecule has 0 fully saturated rings. The Morgan fingerprint density at radius 2 is 2.43 bits per heavy atom. The van der Waals surface area contributed by atoms with Crippen LogP contribution in [0.2, 0.25) is 0 Å². The quantitative estimate of drug-likeness (QED) is 0.733. The summed E-state index contributed by atoms with van der Waals surface area (Å²) in [5.74, 6) is -0.166. The highest BCUT2D eigenvalue weighted by Crippen LogP contribution is 2.02. The van der Waals surface area contributed by atoms with Crippen molar-refractivity contribution in [2.75, 3.05) is 6.54 Å². The van der Waals surface area contributed by atoms with Gasteiger partial charge in [-0.3, -0.25) is 9.78 Å². The van der Waals surface area contributed by atoms with Crippen molar-refractivity contribution in [1.29, 1.82) is 0 Å². The lowest BCUT2D eigenvalue weighted by atomic mass is 10.2. The zero-order valence-corrected chi connectivity index (χ0v) is 8.45. The molecule has 4 heteroatoms. The number of nitrogens with zero attached hydrogens (tertiary/aromatic N) is 1. The third-order valence-corrected chi connectivity index (χ3v) is 1.81. The molecule has 0 aliphatic rings.